The predicted octanol–water partition coefficient (Wildman–Crippen LogP) is 3.93. The van der Waals surface area contributed by atoms with Crippen LogP contribution in [-0.4, -0.2) is 8.42 Å². The maximum Gasteiger partial charge on any atom is 0.271 e. The second-order valence-electron chi connectivity index (χ2n) is 3.93. The van der Waals surface area contributed by atoms with Crippen molar-refractivity contribution >= 4 is 43.0 Å². The van der Waals surface area contributed by atoms with Crippen LogP contribution in [0.1, 0.15) is 10.4 Å². The standard InChI is InChI=1S/C12H12BrNO2S2/c1-8-3-5-10(13)7-11(8)14-18(15,16)12-6-4-9(2)17-12/h3-7,14H,1-2H3. The van der Waals surface area contributed by atoms with Gasteiger partial charge in [0, 0.05) is 9.35 Å². The molecule has 0 fully saturated rings. The van der Waals surface area contributed by atoms with E-state index in [1.54, 1.807) is 18.2 Å². The Morgan fingerprint density at radius 3 is 2.50 bits per heavy atom. The predicted molar refractivity (Wildman–Crippen MR) is 78.7 cm³/mol. The third kappa shape index (κ3) is 2.93. The molecule has 2 rings (SSSR count). The smallest absolute Gasteiger partial charge is 0.271 e. The Labute approximate surface area is 119 Å². The van der Waals surface area contributed by atoms with Gasteiger partial charge >= 0.3 is 0 Å². The number of hydrogen-bond donors (Lipinski definition) is 1. The van der Waals surface area contributed by atoms with Crippen LogP contribution < -0.4 is 4.72 Å². The summed E-state index contributed by atoms with van der Waals surface area (Å²) < 4.78 is 28.1. The lowest BCUT2D eigenvalue weighted by atomic mass is 10.2. The summed E-state index contributed by atoms with van der Waals surface area (Å²) in [6, 6.07) is 8.92. The number of benzene rings is 1. The molecular formula is C12H12BrNO2S2. The molecule has 96 valence electrons. The highest BCUT2D eigenvalue weighted by Gasteiger charge is 2.17. The largest absolute Gasteiger partial charge is 0.279 e. The second-order valence-corrected chi connectivity index (χ2v) is 8.04. The van der Waals surface area contributed by atoms with E-state index in [2.05, 4.69) is 20.7 Å². The van der Waals surface area contributed by atoms with Gasteiger partial charge in [0.15, 0.2) is 0 Å². The topological polar surface area (TPSA) is 46.2 Å². The van der Waals surface area contributed by atoms with Crippen LogP contribution in [0.4, 0.5) is 5.69 Å². The highest BCUT2D eigenvalue weighted by molar-refractivity contribution is 9.10. The fraction of sp³-hybridized carbons (Fsp3) is 0.167. The van der Waals surface area contributed by atoms with E-state index >= 15 is 0 Å². The van der Waals surface area contributed by atoms with E-state index in [0.29, 0.717) is 9.90 Å². The molecule has 6 heteroatoms. The Hall–Kier alpha value is -0.850. The molecule has 0 aliphatic carbocycles. The molecule has 0 radical (unpaired) electrons. The highest BCUT2D eigenvalue weighted by atomic mass is 79.9. The lowest BCUT2D eigenvalue weighted by Gasteiger charge is -2.09. The fourth-order valence-electron chi connectivity index (χ4n) is 1.46. The summed E-state index contributed by atoms with van der Waals surface area (Å²) in [5.41, 5.74) is 1.48. The summed E-state index contributed by atoms with van der Waals surface area (Å²) >= 11 is 4.59. The van der Waals surface area contributed by atoms with Crippen LogP contribution in [0.25, 0.3) is 0 Å². The Morgan fingerprint density at radius 2 is 1.89 bits per heavy atom. The minimum atomic E-state index is -3.48. The van der Waals surface area contributed by atoms with Crippen molar-refractivity contribution in [1.29, 1.82) is 0 Å². The molecule has 0 saturated heterocycles. The molecule has 0 bridgehead atoms. The average Bonchev–Trinajstić information content (AvgIpc) is 2.71. The lowest BCUT2D eigenvalue weighted by molar-refractivity contribution is 0.603. The van der Waals surface area contributed by atoms with E-state index in [-0.39, 0.29) is 0 Å². The SMILES string of the molecule is Cc1ccc(S(=O)(=O)Nc2cc(Br)ccc2C)s1. The molecule has 0 unspecified atom stereocenters. The minimum absolute atomic E-state index is 0.333. The van der Waals surface area contributed by atoms with Crippen LogP contribution in [0.2, 0.25) is 0 Å². The van der Waals surface area contributed by atoms with Crippen molar-refractivity contribution in [3.8, 4) is 0 Å². The number of hydrogen-bond acceptors (Lipinski definition) is 3. The highest BCUT2D eigenvalue weighted by Crippen LogP contribution is 2.26. The fourth-order valence-corrected chi connectivity index (χ4v) is 4.22. The first-order valence-electron chi connectivity index (χ1n) is 5.24. The van der Waals surface area contributed by atoms with Crippen LogP contribution in [0.5, 0.6) is 0 Å². The summed E-state index contributed by atoms with van der Waals surface area (Å²) in [5, 5.41) is 0. The average molecular weight is 346 g/mol. The Bertz CT molecular complexity index is 677. The number of nitrogens with one attached hydrogen (secondary N) is 1. The first-order valence-corrected chi connectivity index (χ1v) is 8.33. The van der Waals surface area contributed by atoms with Crippen LogP contribution in [-0.2, 0) is 10.0 Å². The molecule has 18 heavy (non-hydrogen) atoms. The third-order valence-corrected chi connectivity index (χ3v) is 5.78. The number of thiophene rings is 1. The van der Waals surface area contributed by atoms with Crippen molar-refractivity contribution < 1.29 is 8.42 Å². The van der Waals surface area contributed by atoms with Crippen molar-refractivity contribution in [3.05, 3.63) is 45.2 Å². The molecule has 0 aliphatic heterocycles. The van der Waals surface area contributed by atoms with Gasteiger partial charge in [0.25, 0.3) is 10.0 Å². The van der Waals surface area contributed by atoms with Gasteiger partial charge in [-0.3, -0.25) is 4.72 Å². The zero-order chi connectivity index (χ0) is 13.3. The van der Waals surface area contributed by atoms with Crippen molar-refractivity contribution in [2.45, 2.75) is 18.1 Å². The quantitative estimate of drug-likeness (QED) is 0.915. The minimum Gasteiger partial charge on any atom is -0.279 e. The van der Waals surface area contributed by atoms with Gasteiger partial charge in [0.2, 0.25) is 0 Å². The number of sulfonamides is 1. The molecule has 0 spiro atoms. The summed E-state index contributed by atoms with van der Waals surface area (Å²) in [6.07, 6.45) is 0. The van der Waals surface area contributed by atoms with E-state index in [1.807, 2.05) is 26.0 Å². The third-order valence-electron chi connectivity index (χ3n) is 2.42. The lowest BCUT2D eigenvalue weighted by Crippen LogP contribution is -2.12. The molecule has 3 nitrogen and oxygen atoms in total. The van der Waals surface area contributed by atoms with Gasteiger partial charge in [-0.1, -0.05) is 22.0 Å². The van der Waals surface area contributed by atoms with Crippen molar-refractivity contribution in [3.63, 3.8) is 0 Å². The van der Waals surface area contributed by atoms with Gasteiger partial charge in [0.1, 0.15) is 4.21 Å². The molecule has 0 atom stereocenters. The number of aryl methyl sites for hydroxylation is 2. The van der Waals surface area contributed by atoms with E-state index in [1.165, 1.54) is 11.3 Å². The summed E-state index contributed by atoms with van der Waals surface area (Å²) in [4.78, 5) is 0.973. The van der Waals surface area contributed by atoms with Gasteiger partial charge in [-0.2, -0.15) is 0 Å². The monoisotopic (exact) mass is 345 g/mol. The number of rotatable bonds is 3. The van der Waals surface area contributed by atoms with E-state index in [9.17, 15) is 8.42 Å². The summed E-state index contributed by atoms with van der Waals surface area (Å²) in [6.45, 7) is 3.75. The maximum absolute atomic E-state index is 12.2. The normalized spacial score (nSPS) is 11.5. The summed E-state index contributed by atoms with van der Waals surface area (Å²) in [5.74, 6) is 0. The number of anilines is 1. The second kappa shape index (κ2) is 5.03. The maximum atomic E-state index is 12.2. The Balaban J connectivity index is 2.36. The zero-order valence-corrected chi connectivity index (χ0v) is 13.1. The van der Waals surface area contributed by atoms with E-state index in [0.717, 1.165) is 14.9 Å². The van der Waals surface area contributed by atoms with Crippen LogP contribution in [0.15, 0.2) is 39.0 Å². The molecule has 0 amide bonds. The Morgan fingerprint density at radius 1 is 1.17 bits per heavy atom. The van der Waals surface area contributed by atoms with E-state index in [4.69, 9.17) is 0 Å². The first kappa shape index (κ1) is 13.6. The first-order chi connectivity index (χ1) is 8.38. The van der Waals surface area contributed by atoms with Crippen molar-refractivity contribution in [1.82, 2.24) is 0 Å². The van der Waals surface area contributed by atoms with Crippen LogP contribution in [0.3, 0.4) is 0 Å². The molecular weight excluding hydrogens is 334 g/mol. The molecule has 2 aromatic rings. The molecule has 1 N–H and O–H groups in total. The van der Waals surface area contributed by atoms with Crippen LogP contribution >= 0.6 is 27.3 Å². The molecule has 1 aromatic carbocycles. The van der Waals surface area contributed by atoms with Gasteiger partial charge in [-0.15, -0.1) is 11.3 Å². The van der Waals surface area contributed by atoms with Gasteiger partial charge in [0.05, 0.1) is 5.69 Å². The van der Waals surface area contributed by atoms with E-state index < -0.39 is 10.0 Å². The number of halogens is 1. The molecule has 1 heterocycles. The Kier molecular flexibility index (Phi) is 3.79. The van der Waals surface area contributed by atoms with Gasteiger partial charge in [-0.05, 0) is 43.7 Å². The molecule has 0 aliphatic rings. The van der Waals surface area contributed by atoms with Crippen molar-refractivity contribution in [2.24, 2.45) is 0 Å². The van der Waals surface area contributed by atoms with Crippen molar-refractivity contribution in [2.75, 3.05) is 4.72 Å². The molecule has 1 aromatic heterocycles. The zero-order valence-electron chi connectivity index (χ0n) is 9.90. The van der Waals surface area contributed by atoms with Gasteiger partial charge < -0.3 is 0 Å². The molecule has 0 saturated carbocycles. The summed E-state index contributed by atoms with van der Waals surface area (Å²) in [7, 11) is -3.48. The van der Waals surface area contributed by atoms with Gasteiger partial charge in [-0.25, -0.2) is 8.42 Å². The van der Waals surface area contributed by atoms with Crippen LogP contribution in [0, 0.1) is 13.8 Å².